The van der Waals surface area contributed by atoms with Gasteiger partial charge in [0, 0.05) is 11.6 Å². The molecule has 3 N–H and O–H groups in total. The third kappa shape index (κ3) is 3.98. The van der Waals surface area contributed by atoms with Crippen molar-refractivity contribution in [2.75, 3.05) is 5.73 Å². The van der Waals surface area contributed by atoms with Crippen LogP contribution in [0.4, 0.5) is 5.82 Å². The molecule has 0 amide bonds. The number of rotatable bonds is 5. The SMILES string of the molecule is Nc1ncnc2c1c(-c1cccc(OCc3ccccc3)c1)c(Br)n2[C@H]1CC[C@@H](O)CC1. The first-order valence-electron chi connectivity index (χ1n) is 10.9. The zero-order valence-corrected chi connectivity index (χ0v) is 19.2. The lowest BCUT2D eigenvalue weighted by atomic mass is 9.93. The number of aliphatic hydroxyl groups is 1. The summed E-state index contributed by atoms with van der Waals surface area (Å²) in [6, 6.07) is 18.4. The maximum Gasteiger partial charge on any atom is 0.147 e. The lowest BCUT2D eigenvalue weighted by Gasteiger charge is -2.27. The van der Waals surface area contributed by atoms with Crippen molar-refractivity contribution in [3.05, 3.63) is 71.1 Å². The number of aromatic nitrogens is 3. The summed E-state index contributed by atoms with van der Waals surface area (Å²) in [5, 5.41) is 10.8. The van der Waals surface area contributed by atoms with Gasteiger partial charge in [0.25, 0.3) is 0 Å². The van der Waals surface area contributed by atoms with Crippen molar-refractivity contribution in [2.24, 2.45) is 0 Å². The van der Waals surface area contributed by atoms with Gasteiger partial charge in [0.15, 0.2) is 0 Å². The summed E-state index contributed by atoms with van der Waals surface area (Å²) in [6.45, 7) is 0.503. The average molecular weight is 493 g/mol. The van der Waals surface area contributed by atoms with E-state index in [9.17, 15) is 5.11 Å². The van der Waals surface area contributed by atoms with E-state index in [1.807, 2.05) is 48.5 Å². The molecule has 164 valence electrons. The normalized spacial score (nSPS) is 18.7. The molecule has 1 fully saturated rings. The molecule has 1 aliphatic carbocycles. The van der Waals surface area contributed by atoms with E-state index >= 15 is 0 Å². The first-order chi connectivity index (χ1) is 15.6. The van der Waals surface area contributed by atoms with Gasteiger partial charge in [-0.1, -0.05) is 42.5 Å². The van der Waals surface area contributed by atoms with Crippen LogP contribution in [0.15, 0.2) is 65.5 Å². The van der Waals surface area contributed by atoms with Gasteiger partial charge in [-0.3, -0.25) is 0 Å². The molecule has 2 aromatic heterocycles. The van der Waals surface area contributed by atoms with E-state index in [1.54, 1.807) is 0 Å². The Morgan fingerprint density at radius 3 is 2.59 bits per heavy atom. The number of hydrogen-bond acceptors (Lipinski definition) is 5. The van der Waals surface area contributed by atoms with E-state index in [2.05, 4.69) is 36.5 Å². The summed E-state index contributed by atoms with van der Waals surface area (Å²) >= 11 is 3.85. The van der Waals surface area contributed by atoms with Crippen LogP contribution in [-0.2, 0) is 6.61 Å². The molecule has 0 radical (unpaired) electrons. The largest absolute Gasteiger partial charge is 0.489 e. The van der Waals surface area contributed by atoms with E-state index in [4.69, 9.17) is 10.5 Å². The summed E-state index contributed by atoms with van der Waals surface area (Å²) in [5.74, 6) is 1.24. The number of anilines is 1. The molecule has 0 bridgehead atoms. The van der Waals surface area contributed by atoms with Crippen molar-refractivity contribution in [3.8, 4) is 16.9 Å². The third-order valence-electron chi connectivity index (χ3n) is 6.15. The zero-order valence-electron chi connectivity index (χ0n) is 17.6. The number of halogens is 1. The van der Waals surface area contributed by atoms with Crippen LogP contribution in [0.1, 0.15) is 37.3 Å². The fourth-order valence-corrected chi connectivity index (χ4v) is 5.41. The van der Waals surface area contributed by atoms with Crippen molar-refractivity contribution in [1.82, 2.24) is 14.5 Å². The zero-order chi connectivity index (χ0) is 22.1. The molecule has 0 atom stereocenters. The number of aliphatic hydroxyl groups excluding tert-OH is 1. The Morgan fingerprint density at radius 2 is 1.81 bits per heavy atom. The molecular weight excluding hydrogens is 468 g/mol. The summed E-state index contributed by atoms with van der Waals surface area (Å²) in [5.41, 5.74) is 10.2. The number of ether oxygens (including phenoxy) is 1. The molecule has 0 aliphatic heterocycles. The maximum absolute atomic E-state index is 9.97. The molecule has 0 unspecified atom stereocenters. The van der Waals surface area contributed by atoms with Crippen LogP contribution in [-0.4, -0.2) is 25.7 Å². The van der Waals surface area contributed by atoms with Crippen molar-refractivity contribution in [2.45, 2.75) is 44.4 Å². The Kier molecular flexibility index (Phi) is 5.85. The highest BCUT2D eigenvalue weighted by atomic mass is 79.9. The van der Waals surface area contributed by atoms with Gasteiger partial charge in [-0.15, -0.1) is 0 Å². The Bertz CT molecular complexity index is 1230. The summed E-state index contributed by atoms with van der Waals surface area (Å²) < 4.78 is 9.21. The van der Waals surface area contributed by atoms with Crippen LogP contribution >= 0.6 is 15.9 Å². The van der Waals surface area contributed by atoms with E-state index in [0.29, 0.717) is 12.4 Å². The van der Waals surface area contributed by atoms with Gasteiger partial charge >= 0.3 is 0 Å². The topological polar surface area (TPSA) is 86.2 Å². The number of fused-ring (bicyclic) bond motifs is 1. The number of nitrogens with zero attached hydrogens (tertiary/aromatic N) is 3. The second-order valence-electron chi connectivity index (χ2n) is 8.26. The predicted molar refractivity (Wildman–Crippen MR) is 129 cm³/mol. The van der Waals surface area contributed by atoms with E-state index in [0.717, 1.165) is 63.8 Å². The van der Waals surface area contributed by atoms with Gasteiger partial charge in [-0.05, 0) is 64.9 Å². The van der Waals surface area contributed by atoms with E-state index < -0.39 is 0 Å². The minimum Gasteiger partial charge on any atom is -0.489 e. The smallest absolute Gasteiger partial charge is 0.147 e. The quantitative estimate of drug-likeness (QED) is 0.384. The predicted octanol–water partition coefficient (Wildman–Crippen LogP) is 5.50. The lowest BCUT2D eigenvalue weighted by Crippen LogP contribution is -2.21. The number of nitrogen functional groups attached to an aromatic ring is 1. The highest BCUT2D eigenvalue weighted by molar-refractivity contribution is 9.10. The highest BCUT2D eigenvalue weighted by Gasteiger charge is 2.28. The van der Waals surface area contributed by atoms with Crippen molar-refractivity contribution in [1.29, 1.82) is 0 Å². The second kappa shape index (κ2) is 8.92. The standard InChI is InChI=1S/C25H25BrN4O2/c26-23-21(17-7-4-8-20(13-17)32-14-16-5-2-1-3-6-16)22-24(27)28-15-29-25(22)30(23)18-9-11-19(31)12-10-18/h1-8,13,15,18-19,31H,9-12,14H2,(H2,27,28,29)/t18-,19+. The van der Waals surface area contributed by atoms with Gasteiger partial charge in [-0.2, -0.15) is 0 Å². The van der Waals surface area contributed by atoms with E-state index in [1.165, 1.54) is 6.33 Å². The number of nitrogens with two attached hydrogens (primary N) is 1. The molecule has 0 saturated heterocycles. The first-order valence-corrected chi connectivity index (χ1v) is 11.7. The average Bonchev–Trinajstić information content (AvgIpc) is 3.12. The highest BCUT2D eigenvalue weighted by Crippen LogP contribution is 2.44. The molecule has 2 aromatic carbocycles. The van der Waals surface area contributed by atoms with Crippen LogP contribution in [0, 0.1) is 0 Å². The van der Waals surface area contributed by atoms with Crippen LogP contribution in [0.3, 0.4) is 0 Å². The van der Waals surface area contributed by atoms with Crippen molar-refractivity contribution in [3.63, 3.8) is 0 Å². The van der Waals surface area contributed by atoms with Gasteiger partial charge < -0.3 is 20.1 Å². The van der Waals surface area contributed by atoms with Gasteiger partial charge in [0.1, 0.15) is 30.1 Å². The molecular formula is C25H25BrN4O2. The Balaban J connectivity index is 1.55. The van der Waals surface area contributed by atoms with Crippen molar-refractivity contribution >= 4 is 32.8 Å². The van der Waals surface area contributed by atoms with Crippen LogP contribution in [0.2, 0.25) is 0 Å². The number of benzene rings is 2. The fraction of sp³-hybridized carbons (Fsp3) is 0.280. The van der Waals surface area contributed by atoms with Crippen LogP contribution in [0.5, 0.6) is 5.75 Å². The molecule has 1 saturated carbocycles. The Hall–Kier alpha value is -2.90. The first kappa shape index (κ1) is 21.0. The molecule has 5 rings (SSSR count). The second-order valence-corrected chi connectivity index (χ2v) is 9.01. The van der Waals surface area contributed by atoms with Crippen molar-refractivity contribution < 1.29 is 9.84 Å². The molecule has 32 heavy (non-hydrogen) atoms. The van der Waals surface area contributed by atoms with Gasteiger partial charge in [0.05, 0.1) is 16.1 Å². The molecule has 4 aromatic rings. The maximum atomic E-state index is 9.97. The molecule has 7 heteroatoms. The fourth-order valence-electron chi connectivity index (χ4n) is 4.52. The Labute approximate surface area is 195 Å². The minimum absolute atomic E-state index is 0.218. The number of hydrogen-bond donors (Lipinski definition) is 2. The molecule has 0 spiro atoms. The van der Waals surface area contributed by atoms with E-state index in [-0.39, 0.29) is 12.1 Å². The third-order valence-corrected chi connectivity index (χ3v) is 6.93. The summed E-state index contributed by atoms with van der Waals surface area (Å²) in [6.07, 6.45) is 4.66. The monoisotopic (exact) mass is 492 g/mol. The molecule has 1 aliphatic rings. The summed E-state index contributed by atoms with van der Waals surface area (Å²) in [4.78, 5) is 8.85. The van der Waals surface area contributed by atoms with Crippen LogP contribution < -0.4 is 10.5 Å². The van der Waals surface area contributed by atoms with Crippen LogP contribution in [0.25, 0.3) is 22.2 Å². The Morgan fingerprint density at radius 1 is 1.03 bits per heavy atom. The lowest BCUT2D eigenvalue weighted by molar-refractivity contribution is 0.111. The summed E-state index contributed by atoms with van der Waals surface area (Å²) in [7, 11) is 0. The minimum atomic E-state index is -0.218. The van der Waals surface area contributed by atoms with Gasteiger partial charge in [-0.25, -0.2) is 9.97 Å². The van der Waals surface area contributed by atoms with Gasteiger partial charge in [0.2, 0.25) is 0 Å². The molecule has 2 heterocycles. The molecule has 6 nitrogen and oxygen atoms in total.